The molecule has 0 spiro atoms. The van der Waals surface area contributed by atoms with Crippen molar-refractivity contribution < 1.29 is 0 Å². The fraction of sp³-hybridized carbons (Fsp3) is 0.212. The Balaban J connectivity index is 1.50. The average Bonchev–Trinajstić information content (AvgIpc) is 3.11. The lowest BCUT2D eigenvalue weighted by Crippen LogP contribution is -2.05. The second kappa shape index (κ2) is 8.87. The summed E-state index contributed by atoms with van der Waals surface area (Å²) < 4.78 is 0. The van der Waals surface area contributed by atoms with Crippen molar-refractivity contribution in [1.29, 1.82) is 0 Å². The third-order valence-corrected chi connectivity index (χ3v) is 7.12. The van der Waals surface area contributed by atoms with Gasteiger partial charge in [-0.25, -0.2) is 0 Å². The Morgan fingerprint density at radius 3 is 2.21 bits per heavy atom. The standard InChI is InChI=1S/C33H32/c1-5-6-7-11-25-18-23(3)33-30-16-15-29(21-31(30)24(4)32(33)19-25)28-14-9-13-27(20-28)26-12-8-10-22(2)17-26/h5-17,19-21,23-24H,18H2,1-4H3/b6-5-,11-7-. The maximum Gasteiger partial charge on any atom is 0.00704 e. The molecule has 2 unspecified atom stereocenters. The van der Waals surface area contributed by atoms with E-state index in [4.69, 9.17) is 0 Å². The topological polar surface area (TPSA) is 0 Å². The van der Waals surface area contributed by atoms with Crippen molar-refractivity contribution in [2.75, 3.05) is 0 Å². The van der Waals surface area contributed by atoms with Crippen molar-refractivity contribution in [2.45, 2.75) is 40.0 Å². The molecule has 0 heterocycles. The second-order valence-corrected chi connectivity index (χ2v) is 9.55. The first-order valence-electron chi connectivity index (χ1n) is 12.1. The molecule has 0 fully saturated rings. The summed E-state index contributed by atoms with van der Waals surface area (Å²) >= 11 is 0. The van der Waals surface area contributed by atoms with Gasteiger partial charge in [-0.15, -0.1) is 0 Å². The monoisotopic (exact) mass is 428 g/mol. The van der Waals surface area contributed by atoms with Crippen LogP contribution >= 0.6 is 0 Å². The van der Waals surface area contributed by atoms with Gasteiger partial charge in [-0.3, -0.25) is 0 Å². The average molecular weight is 429 g/mol. The minimum absolute atomic E-state index is 0.433. The molecule has 0 aliphatic heterocycles. The quantitative estimate of drug-likeness (QED) is 0.363. The fourth-order valence-electron chi connectivity index (χ4n) is 5.48. The number of allylic oxidation sites excluding steroid dienone is 8. The molecule has 0 N–H and O–H groups in total. The van der Waals surface area contributed by atoms with E-state index in [1.807, 2.05) is 0 Å². The van der Waals surface area contributed by atoms with E-state index in [9.17, 15) is 0 Å². The van der Waals surface area contributed by atoms with Crippen LogP contribution in [0.5, 0.6) is 0 Å². The van der Waals surface area contributed by atoms with Crippen LogP contribution in [0, 0.1) is 12.8 Å². The fourth-order valence-corrected chi connectivity index (χ4v) is 5.48. The van der Waals surface area contributed by atoms with Crippen LogP contribution in [-0.4, -0.2) is 0 Å². The Labute approximate surface area is 198 Å². The maximum atomic E-state index is 2.44. The first-order chi connectivity index (χ1) is 16.0. The van der Waals surface area contributed by atoms with Crippen molar-refractivity contribution in [3.05, 3.63) is 125 Å². The Bertz CT molecular complexity index is 1330. The number of benzene rings is 3. The van der Waals surface area contributed by atoms with Crippen LogP contribution in [0.3, 0.4) is 0 Å². The Morgan fingerprint density at radius 2 is 1.48 bits per heavy atom. The molecule has 3 aromatic rings. The first kappa shape index (κ1) is 21.5. The third-order valence-electron chi connectivity index (χ3n) is 7.12. The molecule has 3 aromatic carbocycles. The summed E-state index contributed by atoms with van der Waals surface area (Å²) in [5.41, 5.74) is 13.9. The van der Waals surface area contributed by atoms with Gasteiger partial charge in [-0.2, -0.15) is 0 Å². The number of hydrogen-bond acceptors (Lipinski definition) is 0. The molecule has 2 aliphatic carbocycles. The highest BCUT2D eigenvalue weighted by Gasteiger charge is 2.32. The van der Waals surface area contributed by atoms with E-state index < -0.39 is 0 Å². The van der Waals surface area contributed by atoms with Gasteiger partial charge in [0.25, 0.3) is 0 Å². The van der Waals surface area contributed by atoms with Gasteiger partial charge in [-0.1, -0.05) is 104 Å². The lowest BCUT2D eigenvalue weighted by molar-refractivity contribution is 0.731. The Morgan fingerprint density at radius 1 is 0.788 bits per heavy atom. The van der Waals surface area contributed by atoms with Gasteiger partial charge in [0.15, 0.2) is 0 Å². The zero-order valence-corrected chi connectivity index (χ0v) is 20.1. The van der Waals surface area contributed by atoms with E-state index >= 15 is 0 Å². The number of rotatable bonds is 4. The lowest BCUT2D eigenvalue weighted by Gasteiger charge is -2.22. The van der Waals surface area contributed by atoms with Crippen molar-refractivity contribution in [2.24, 2.45) is 5.92 Å². The summed E-state index contributed by atoms with van der Waals surface area (Å²) in [6.45, 7) is 8.97. The van der Waals surface area contributed by atoms with Crippen LogP contribution in [0.1, 0.15) is 49.8 Å². The van der Waals surface area contributed by atoms with Crippen LogP contribution in [0.25, 0.3) is 27.8 Å². The van der Waals surface area contributed by atoms with Crippen LogP contribution < -0.4 is 0 Å². The summed E-state index contributed by atoms with van der Waals surface area (Å²) in [5, 5.41) is 0. The van der Waals surface area contributed by atoms with E-state index in [0.29, 0.717) is 11.8 Å². The summed E-state index contributed by atoms with van der Waals surface area (Å²) in [7, 11) is 0. The molecule has 2 aliphatic rings. The van der Waals surface area contributed by atoms with E-state index in [1.54, 1.807) is 5.57 Å². The summed E-state index contributed by atoms with van der Waals surface area (Å²) in [6, 6.07) is 24.8. The SMILES string of the molecule is C/C=C\C=C/C1=CC2=C(c3ccc(-c4cccc(-c5cccc(C)c5)c4)cc3C2C)C(C)C1. The minimum atomic E-state index is 0.433. The summed E-state index contributed by atoms with van der Waals surface area (Å²) in [4.78, 5) is 0. The van der Waals surface area contributed by atoms with Gasteiger partial charge >= 0.3 is 0 Å². The van der Waals surface area contributed by atoms with Crippen LogP contribution in [0.15, 0.2) is 108 Å². The van der Waals surface area contributed by atoms with Gasteiger partial charge in [0.1, 0.15) is 0 Å². The van der Waals surface area contributed by atoms with Gasteiger partial charge in [0, 0.05) is 5.92 Å². The molecule has 0 heteroatoms. The van der Waals surface area contributed by atoms with Gasteiger partial charge in [-0.05, 0) is 88.4 Å². The molecule has 2 atom stereocenters. The van der Waals surface area contributed by atoms with E-state index in [-0.39, 0.29) is 0 Å². The zero-order chi connectivity index (χ0) is 22.9. The molecule has 0 amide bonds. The zero-order valence-electron chi connectivity index (χ0n) is 20.1. The van der Waals surface area contributed by atoms with E-state index in [2.05, 4.69) is 125 Å². The second-order valence-electron chi connectivity index (χ2n) is 9.55. The Kier molecular flexibility index (Phi) is 5.77. The number of fused-ring (bicyclic) bond motifs is 2. The van der Waals surface area contributed by atoms with Crippen LogP contribution in [0.4, 0.5) is 0 Å². The predicted molar refractivity (Wildman–Crippen MR) is 143 cm³/mol. The van der Waals surface area contributed by atoms with Crippen molar-refractivity contribution in [1.82, 2.24) is 0 Å². The highest BCUT2D eigenvalue weighted by molar-refractivity contribution is 5.85. The van der Waals surface area contributed by atoms with Gasteiger partial charge in [0.05, 0.1) is 0 Å². The summed E-state index contributed by atoms with van der Waals surface area (Å²) in [5.74, 6) is 0.984. The molecule has 5 rings (SSSR count). The molecule has 33 heavy (non-hydrogen) atoms. The highest BCUT2D eigenvalue weighted by Crippen LogP contribution is 2.50. The predicted octanol–water partition coefficient (Wildman–Crippen LogP) is 9.30. The largest absolute Gasteiger partial charge is 0.0877 e. The van der Waals surface area contributed by atoms with Crippen LogP contribution in [-0.2, 0) is 0 Å². The molecule has 0 bridgehead atoms. The normalized spacial score (nSPS) is 19.8. The molecule has 0 radical (unpaired) electrons. The van der Waals surface area contributed by atoms with Gasteiger partial charge in [0.2, 0.25) is 0 Å². The smallest absolute Gasteiger partial charge is 0.00704 e. The number of aryl methyl sites for hydroxylation is 1. The molecule has 0 saturated heterocycles. The third kappa shape index (κ3) is 4.07. The molecule has 0 saturated carbocycles. The lowest BCUT2D eigenvalue weighted by atomic mass is 9.82. The van der Waals surface area contributed by atoms with Crippen molar-refractivity contribution >= 4 is 5.57 Å². The maximum absolute atomic E-state index is 2.44. The first-order valence-corrected chi connectivity index (χ1v) is 12.1. The number of hydrogen-bond donors (Lipinski definition) is 0. The van der Waals surface area contributed by atoms with E-state index in [0.717, 1.165) is 6.42 Å². The molecular weight excluding hydrogens is 396 g/mol. The molecular formula is C33H32. The van der Waals surface area contributed by atoms with Gasteiger partial charge < -0.3 is 0 Å². The van der Waals surface area contributed by atoms with Crippen molar-refractivity contribution in [3.8, 4) is 22.3 Å². The molecule has 164 valence electrons. The van der Waals surface area contributed by atoms with Crippen LogP contribution in [0.2, 0.25) is 0 Å². The highest BCUT2D eigenvalue weighted by atomic mass is 14.4. The molecule has 0 nitrogen and oxygen atoms in total. The summed E-state index contributed by atoms with van der Waals surface area (Å²) in [6.07, 6.45) is 12.2. The molecule has 0 aromatic heterocycles. The Hall–Kier alpha value is -3.38. The van der Waals surface area contributed by atoms with E-state index in [1.165, 1.54) is 50.1 Å². The minimum Gasteiger partial charge on any atom is -0.0877 e. The van der Waals surface area contributed by atoms with Crippen molar-refractivity contribution in [3.63, 3.8) is 0 Å².